The molecule has 0 aliphatic heterocycles. The zero-order valence-corrected chi connectivity index (χ0v) is 12.8. The topological polar surface area (TPSA) is 157 Å². The van der Waals surface area contributed by atoms with E-state index in [-0.39, 0.29) is 0 Å². The van der Waals surface area contributed by atoms with E-state index in [9.17, 15) is 25.0 Å². The van der Waals surface area contributed by atoms with Crippen LogP contribution in [0.4, 0.5) is 22.7 Å². The number of hydrogen-bond acceptors (Lipinski definition) is 8. The van der Waals surface area contributed by atoms with Gasteiger partial charge in [0.1, 0.15) is 5.75 Å². The van der Waals surface area contributed by atoms with Crippen LogP contribution in [0.25, 0.3) is 0 Å². The predicted molar refractivity (Wildman–Crippen MR) is 85.3 cm³/mol. The van der Waals surface area contributed by atoms with Gasteiger partial charge in [-0.1, -0.05) is 0 Å². The number of methoxy groups -OCH3 is 1. The van der Waals surface area contributed by atoms with Crippen molar-refractivity contribution in [2.24, 2.45) is 0 Å². The van der Waals surface area contributed by atoms with E-state index in [2.05, 4.69) is 5.32 Å². The Hall–Kier alpha value is -3.73. The fraction of sp³-hybridized carbons (Fsp3) is 0.0714. The lowest BCUT2D eigenvalue weighted by atomic mass is 10.1. The van der Waals surface area contributed by atoms with Gasteiger partial charge < -0.3 is 10.1 Å². The van der Waals surface area contributed by atoms with Crippen LogP contribution >= 0.6 is 0 Å². The van der Waals surface area contributed by atoms with E-state index in [1.807, 2.05) is 0 Å². The van der Waals surface area contributed by atoms with Gasteiger partial charge >= 0.3 is 11.4 Å². The number of amides is 1. The lowest BCUT2D eigenvalue weighted by Crippen LogP contribution is -2.19. The highest BCUT2D eigenvalue weighted by Gasteiger charge is 2.28. The van der Waals surface area contributed by atoms with Crippen molar-refractivity contribution < 1.29 is 24.6 Å². The van der Waals surface area contributed by atoms with E-state index in [1.54, 1.807) is 12.1 Å². The van der Waals surface area contributed by atoms with E-state index < -0.39 is 38.4 Å². The summed E-state index contributed by atoms with van der Waals surface area (Å²) in [7, 11) is 1.46. The summed E-state index contributed by atoms with van der Waals surface area (Å²) in [6.45, 7) is 0. The maximum absolute atomic E-state index is 11.5. The molecule has 0 spiro atoms. The molecule has 0 fully saturated rings. The third-order valence-electron chi connectivity index (χ3n) is 3.21. The van der Waals surface area contributed by atoms with Gasteiger partial charge in [0.05, 0.1) is 22.5 Å². The second-order valence-corrected chi connectivity index (χ2v) is 4.70. The van der Waals surface area contributed by atoms with Crippen molar-refractivity contribution in [3.8, 4) is 5.75 Å². The van der Waals surface area contributed by atoms with Crippen molar-refractivity contribution in [2.45, 2.75) is 0 Å². The van der Waals surface area contributed by atoms with Crippen molar-refractivity contribution in [2.75, 3.05) is 12.4 Å². The maximum atomic E-state index is 11.5. The molecule has 0 aromatic heterocycles. The molecule has 11 nitrogen and oxygen atoms in total. The SMILES string of the molecule is COc1ccc(Nc2c([N+](=O)[O-])cc(C(=O)NO)cc2[N+](=O)[O-])cc1. The Morgan fingerprint density at radius 3 is 2.00 bits per heavy atom. The first-order valence-corrected chi connectivity index (χ1v) is 6.69. The van der Waals surface area contributed by atoms with Gasteiger partial charge in [0, 0.05) is 17.8 Å². The summed E-state index contributed by atoms with van der Waals surface area (Å²) in [6.07, 6.45) is 0. The Morgan fingerprint density at radius 2 is 1.60 bits per heavy atom. The molecule has 0 radical (unpaired) electrons. The lowest BCUT2D eigenvalue weighted by molar-refractivity contribution is -0.392. The Bertz CT molecular complexity index is 801. The Kier molecular flexibility index (Phi) is 5.09. The fourth-order valence-corrected chi connectivity index (χ4v) is 2.04. The fourth-order valence-electron chi connectivity index (χ4n) is 2.04. The van der Waals surface area contributed by atoms with Crippen molar-refractivity contribution >= 4 is 28.7 Å². The van der Waals surface area contributed by atoms with Crippen LogP contribution in [-0.2, 0) is 0 Å². The second-order valence-electron chi connectivity index (χ2n) is 4.70. The summed E-state index contributed by atoms with van der Waals surface area (Å²) in [4.78, 5) is 32.3. The van der Waals surface area contributed by atoms with Gasteiger partial charge in [0.25, 0.3) is 5.91 Å². The monoisotopic (exact) mass is 348 g/mol. The number of nitrogens with zero attached hydrogens (tertiary/aromatic N) is 2. The summed E-state index contributed by atoms with van der Waals surface area (Å²) >= 11 is 0. The summed E-state index contributed by atoms with van der Waals surface area (Å²) in [6, 6.07) is 7.80. The molecule has 11 heteroatoms. The Labute approximate surface area is 140 Å². The molecular weight excluding hydrogens is 336 g/mol. The number of rotatable bonds is 6. The minimum atomic E-state index is -1.11. The number of anilines is 2. The molecule has 0 aliphatic carbocycles. The number of benzene rings is 2. The van der Waals surface area contributed by atoms with Crippen molar-refractivity contribution in [1.29, 1.82) is 0 Å². The van der Waals surface area contributed by atoms with E-state index in [1.165, 1.54) is 24.7 Å². The highest BCUT2D eigenvalue weighted by Crippen LogP contribution is 2.38. The van der Waals surface area contributed by atoms with Crippen LogP contribution in [0.2, 0.25) is 0 Å². The number of nitro benzene ring substituents is 2. The Morgan fingerprint density at radius 1 is 1.08 bits per heavy atom. The third-order valence-corrected chi connectivity index (χ3v) is 3.21. The second kappa shape index (κ2) is 7.23. The highest BCUT2D eigenvalue weighted by atomic mass is 16.6. The number of carbonyl (C=O) groups is 1. The third kappa shape index (κ3) is 3.79. The zero-order valence-electron chi connectivity index (χ0n) is 12.8. The number of hydrogen-bond donors (Lipinski definition) is 3. The van der Waals surface area contributed by atoms with Gasteiger partial charge in [-0.2, -0.15) is 0 Å². The van der Waals surface area contributed by atoms with Crippen molar-refractivity contribution in [3.05, 3.63) is 62.2 Å². The van der Waals surface area contributed by atoms with Crippen LogP contribution in [0.5, 0.6) is 5.75 Å². The largest absolute Gasteiger partial charge is 0.497 e. The van der Waals surface area contributed by atoms with Gasteiger partial charge in [-0.25, -0.2) is 5.48 Å². The first-order chi connectivity index (χ1) is 11.9. The van der Waals surface area contributed by atoms with Crippen LogP contribution in [0.1, 0.15) is 10.4 Å². The molecule has 0 aliphatic rings. The van der Waals surface area contributed by atoms with Gasteiger partial charge in [-0.3, -0.25) is 30.2 Å². The molecule has 0 saturated carbocycles. The number of ether oxygens (including phenoxy) is 1. The Balaban J connectivity index is 2.58. The first kappa shape index (κ1) is 17.6. The van der Waals surface area contributed by atoms with Gasteiger partial charge in [0.2, 0.25) is 0 Å². The molecule has 2 aromatic rings. The van der Waals surface area contributed by atoms with Crippen molar-refractivity contribution in [1.82, 2.24) is 5.48 Å². The average Bonchev–Trinajstić information content (AvgIpc) is 2.61. The number of carbonyl (C=O) groups excluding carboxylic acids is 1. The van der Waals surface area contributed by atoms with Gasteiger partial charge in [-0.05, 0) is 24.3 Å². The molecule has 2 aromatic carbocycles. The van der Waals surface area contributed by atoms with Crippen molar-refractivity contribution in [3.63, 3.8) is 0 Å². The molecule has 1 amide bonds. The van der Waals surface area contributed by atoms with Crippen LogP contribution in [-0.4, -0.2) is 28.1 Å². The average molecular weight is 348 g/mol. The molecule has 0 saturated heterocycles. The minimum Gasteiger partial charge on any atom is -0.497 e. The predicted octanol–water partition coefficient (Wildman–Crippen LogP) is 2.37. The zero-order chi connectivity index (χ0) is 18.6. The molecule has 2 rings (SSSR count). The van der Waals surface area contributed by atoms with Crippen LogP contribution in [0.15, 0.2) is 36.4 Å². The van der Waals surface area contributed by atoms with E-state index >= 15 is 0 Å². The van der Waals surface area contributed by atoms with E-state index in [0.29, 0.717) is 11.4 Å². The maximum Gasteiger partial charge on any atom is 0.300 e. The van der Waals surface area contributed by atoms with Gasteiger partial charge in [-0.15, -0.1) is 0 Å². The van der Waals surface area contributed by atoms with E-state index in [4.69, 9.17) is 9.94 Å². The van der Waals surface area contributed by atoms with Crippen LogP contribution in [0, 0.1) is 20.2 Å². The van der Waals surface area contributed by atoms with Crippen LogP contribution < -0.4 is 15.5 Å². The number of hydroxylamine groups is 1. The van der Waals surface area contributed by atoms with E-state index in [0.717, 1.165) is 12.1 Å². The molecule has 0 unspecified atom stereocenters. The number of nitro groups is 2. The molecule has 0 heterocycles. The molecule has 0 bridgehead atoms. The molecule has 3 N–H and O–H groups in total. The summed E-state index contributed by atoms with van der Waals surface area (Å²) < 4.78 is 4.99. The quantitative estimate of drug-likeness (QED) is 0.408. The standard InChI is InChI=1S/C14H12N4O7/c1-25-10-4-2-9(3-5-10)15-13-11(17(21)22)6-8(14(19)16-20)7-12(13)18(23)24/h2-7,15,20H,1H3,(H,16,19). The van der Waals surface area contributed by atoms with Crippen LogP contribution in [0.3, 0.4) is 0 Å². The lowest BCUT2D eigenvalue weighted by Gasteiger charge is -2.10. The number of nitrogens with one attached hydrogen (secondary N) is 2. The highest BCUT2D eigenvalue weighted by molar-refractivity contribution is 5.97. The summed E-state index contributed by atoms with van der Waals surface area (Å²) in [5.74, 6) is -0.577. The van der Waals surface area contributed by atoms with Gasteiger partial charge in [0.15, 0.2) is 5.69 Å². The summed E-state index contributed by atoms with van der Waals surface area (Å²) in [5.41, 5.74) is -0.589. The molecule has 25 heavy (non-hydrogen) atoms. The minimum absolute atomic E-state index is 0.339. The smallest absolute Gasteiger partial charge is 0.300 e. The summed E-state index contributed by atoms with van der Waals surface area (Å²) in [5, 5.41) is 33.8. The normalized spacial score (nSPS) is 10.0. The molecular formula is C14H12N4O7. The molecule has 0 atom stereocenters. The molecule has 130 valence electrons. The first-order valence-electron chi connectivity index (χ1n) is 6.69.